The summed E-state index contributed by atoms with van der Waals surface area (Å²) in [6.07, 6.45) is 0. The summed E-state index contributed by atoms with van der Waals surface area (Å²) < 4.78 is 18.7. The minimum absolute atomic E-state index is 0.0229. The molecule has 0 aliphatic carbocycles. The molecule has 2 aromatic carbocycles. The van der Waals surface area contributed by atoms with Gasteiger partial charge in [-0.2, -0.15) is 4.98 Å². The molecule has 0 aliphatic heterocycles. The van der Waals surface area contributed by atoms with Gasteiger partial charge < -0.3 is 9.84 Å². The molecule has 0 fully saturated rings. The molecule has 3 rings (SSSR count). The summed E-state index contributed by atoms with van der Waals surface area (Å²) in [7, 11) is 0. The van der Waals surface area contributed by atoms with Gasteiger partial charge in [0.15, 0.2) is 0 Å². The number of aromatic nitrogens is 2. The van der Waals surface area contributed by atoms with Crippen molar-refractivity contribution in [1.29, 1.82) is 0 Å². The first kappa shape index (κ1) is 16.4. The molecule has 0 radical (unpaired) electrons. The fourth-order valence-electron chi connectivity index (χ4n) is 2.04. The summed E-state index contributed by atoms with van der Waals surface area (Å²) in [6, 6.07) is 11.0. The lowest BCUT2D eigenvalue weighted by atomic mass is 10.2. The summed E-state index contributed by atoms with van der Waals surface area (Å²) in [5.74, 6) is -0.919. The van der Waals surface area contributed by atoms with Crippen molar-refractivity contribution in [2.75, 3.05) is 0 Å². The molecule has 0 unspecified atom stereocenters. The molecule has 0 bridgehead atoms. The number of carbonyl (C=O) groups excluding carboxylic acids is 1. The summed E-state index contributed by atoms with van der Waals surface area (Å²) in [4.78, 5) is 16.2. The predicted octanol–water partition coefficient (Wildman–Crippen LogP) is 4.11. The second-order valence-electron chi connectivity index (χ2n) is 4.77. The van der Waals surface area contributed by atoms with E-state index in [1.807, 2.05) is 0 Å². The van der Waals surface area contributed by atoms with Gasteiger partial charge in [0.2, 0.25) is 11.7 Å². The second-order valence-corrected chi connectivity index (χ2v) is 5.59. The van der Waals surface area contributed by atoms with Crippen LogP contribution in [-0.2, 0) is 6.54 Å². The van der Waals surface area contributed by atoms with Crippen molar-refractivity contribution in [3.8, 4) is 11.4 Å². The van der Waals surface area contributed by atoms with Crippen molar-refractivity contribution < 1.29 is 13.7 Å². The van der Waals surface area contributed by atoms with Crippen LogP contribution in [-0.4, -0.2) is 16.0 Å². The van der Waals surface area contributed by atoms with Crippen LogP contribution in [0.3, 0.4) is 0 Å². The van der Waals surface area contributed by atoms with Gasteiger partial charge in [-0.05, 0) is 24.3 Å². The van der Waals surface area contributed by atoms with E-state index in [0.717, 1.165) is 6.07 Å². The maximum absolute atomic E-state index is 13.7. The Morgan fingerprint density at radius 2 is 1.88 bits per heavy atom. The van der Waals surface area contributed by atoms with E-state index in [1.54, 1.807) is 24.3 Å². The first-order valence-corrected chi connectivity index (χ1v) is 7.61. The van der Waals surface area contributed by atoms with Crippen molar-refractivity contribution >= 4 is 29.1 Å². The Hall–Kier alpha value is -2.44. The van der Waals surface area contributed by atoms with Gasteiger partial charge in [-0.25, -0.2) is 4.39 Å². The molecule has 1 heterocycles. The number of benzene rings is 2. The van der Waals surface area contributed by atoms with Crippen LogP contribution in [0.15, 0.2) is 47.0 Å². The van der Waals surface area contributed by atoms with Gasteiger partial charge in [-0.1, -0.05) is 46.6 Å². The third-order valence-corrected chi connectivity index (χ3v) is 3.82. The highest BCUT2D eigenvalue weighted by Gasteiger charge is 2.17. The lowest BCUT2D eigenvalue weighted by Crippen LogP contribution is -2.24. The summed E-state index contributed by atoms with van der Waals surface area (Å²) in [6.45, 7) is -0.0685. The van der Waals surface area contributed by atoms with Crippen LogP contribution < -0.4 is 5.32 Å². The molecular weight excluding hydrogens is 356 g/mol. The van der Waals surface area contributed by atoms with Gasteiger partial charge in [-0.3, -0.25) is 4.79 Å². The molecule has 24 heavy (non-hydrogen) atoms. The molecular formula is C16H10Cl2FN3O2. The number of rotatable bonds is 4. The Morgan fingerprint density at radius 3 is 2.62 bits per heavy atom. The number of nitrogens with one attached hydrogen (secondary N) is 1. The number of hydrogen-bond acceptors (Lipinski definition) is 4. The first-order valence-electron chi connectivity index (χ1n) is 6.86. The van der Waals surface area contributed by atoms with Crippen LogP contribution in [0.25, 0.3) is 11.4 Å². The van der Waals surface area contributed by atoms with E-state index in [2.05, 4.69) is 15.5 Å². The highest BCUT2D eigenvalue weighted by molar-refractivity contribution is 6.34. The van der Waals surface area contributed by atoms with Gasteiger partial charge in [0.1, 0.15) is 5.82 Å². The standard InChI is InChI=1S/C16H10Cl2FN3O2/c17-10-5-2-1-4-9(10)15-21-13(24-22-15)8-20-16(23)14-11(18)6-3-7-12(14)19/h1-7H,8H2,(H,20,23). The van der Waals surface area contributed by atoms with Crippen LogP contribution in [0.2, 0.25) is 10.0 Å². The normalized spacial score (nSPS) is 10.6. The Morgan fingerprint density at radius 1 is 1.12 bits per heavy atom. The quantitative estimate of drug-likeness (QED) is 0.755. The number of carbonyl (C=O) groups is 1. The third-order valence-electron chi connectivity index (χ3n) is 3.17. The van der Waals surface area contributed by atoms with Crippen LogP contribution >= 0.6 is 23.2 Å². The van der Waals surface area contributed by atoms with Crippen molar-refractivity contribution in [3.63, 3.8) is 0 Å². The van der Waals surface area contributed by atoms with E-state index < -0.39 is 11.7 Å². The molecule has 1 amide bonds. The van der Waals surface area contributed by atoms with E-state index >= 15 is 0 Å². The molecule has 1 N–H and O–H groups in total. The van der Waals surface area contributed by atoms with E-state index in [-0.39, 0.29) is 23.0 Å². The highest BCUT2D eigenvalue weighted by atomic mass is 35.5. The lowest BCUT2D eigenvalue weighted by Gasteiger charge is -2.05. The Kier molecular flexibility index (Phi) is 4.78. The molecule has 122 valence electrons. The molecule has 0 spiro atoms. The highest BCUT2D eigenvalue weighted by Crippen LogP contribution is 2.25. The molecule has 3 aromatic rings. The van der Waals surface area contributed by atoms with Gasteiger partial charge in [0.25, 0.3) is 5.91 Å². The van der Waals surface area contributed by atoms with E-state index in [1.165, 1.54) is 12.1 Å². The Bertz CT molecular complexity index is 878. The lowest BCUT2D eigenvalue weighted by molar-refractivity contribution is 0.0942. The van der Waals surface area contributed by atoms with Crippen LogP contribution in [0.4, 0.5) is 4.39 Å². The number of nitrogens with zero attached hydrogens (tertiary/aromatic N) is 2. The number of halogens is 3. The monoisotopic (exact) mass is 365 g/mol. The fraction of sp³-hybridized carbons (Fsp3) is 0.0625. The zero-order valence-electron chi connectivity index (χ0n) is 12.1. The zero-order chi connectivity index (χ0) is 17.1. The summed E-state index contributed by atoms with van der Waals surface area (Å²) in [5, 5.41) is 6.80. The first-order chi connectivity index (χ1) is 11.6. The van der Waals surface area contributed by atoms with Crippen LogP contribution in [0.1, 0.15) is 16.2 Å². The number of hydrogen-bond donors (Lipinski definition) is 1. The average molecular weight is 366 g/mol. The van der Waals surface area contributed by atoms with Gasteiger partial charge >= 0.3 is 0 Å². The Labute approximate surface area is 146 Å². The van der Waals surface area contributed by atoms with E-state index in [4.69, 9.17) is 27.7 Å². The second kappa shape index (κ2) is 6.98. The van der Waals surface area contributed by atoms with Crippen molar-refractivity contribution in [2.24, 2.45) is 0 Å². The Balaban J connectivity index is 1.72. The topological polar surface area (TPSA) is 68.0 Å². The maximum Gasteiger partial charge on any atom is 0.256 e. The van der Waals surface area contributed by atoms with Crippen LogP contribution in [0, 0.1) is 5.82 Å². The van der Waals surface area contributed by atoms with Crippen molar-refractivity contribution in [3.05, 3.63) is 69.8 Å². The van der Waals surface area contributed by atoms with E-state index in [0.29, 0.717) is 16.4 Å². The molecule has 0 aliphatic rings. The maximum atomic E-state index is 13.7. The minimum Gasteiger partial charge on any atom is -0.343 e. The molecule has 0 atom stereocenters. The molecule has 5 nitrogen and oxygen atoms in total. The van der Waals surface area contributed by atoms with Gasteiger partial charge in [0, 0.05) is 5.56 Å². The summed E-state index contributed by atoms with van der Waals surface area (Å²) >= 11 is 11.9. The molecule has 1 aromatic heterocycles. The van der Waals surface area contributed by atoms with E-state index in [9.17, 15) is 9.18 Å². The SMILES string of the molecule is O=C(NCc1nc(-c2ccccc2Cl)no1)c1c(F)cccc1Cl. The van der Waals surface area contributed by atoms with Crippen LogP contribution in [0.5, 0.6) is 0 Å². The average Bonchev–Trinajstić information content (AvgIpc) is 3.02. The third kappa shape index (κ3) is 3.39. The fourth-order valence-corrected chi connectivity index (χ4v) is 2.51. The smallest absolute Gasteiger partial charge is 0.256 e. The van der Waals surface area contributed by atoms with Crippen molar-refractivity contribution in [2.45, 2.75) is 6.54 Å². The van der Waals surface area contributed by atoms with Crippen molar-refractivity contribution in [1.82, 2.24) is 15.5 Å². The van der Waals surface area contributed by atoms with Gasteiger partial charge in [-0.15, -0.1) is 0 Å². The summed E-state index contributed by atoms with van der Waals surface area (Å²) in [5.41, 5.74) is 0.377. The van der Waals surface area contributed by atoms with Gasteiger partial charge in [0.05, 0.1) is 22.2 Å². The molecule has 0 saturated heterocycles. The number of amides is 1. The zero-order valence-corrected chi connectivity index (χ0v) is 13.6. The molecule has 8 heteroatoms. The predicted molar refractivity (Wildman–Crippen MR) is 87.3 cm³/mol. The largest absolute Gasteiger partial charge is 0.343 e. The minimum atomic E-state index is -0.706. The molecule has 0 saturated carbocycles.